The molecule has 2 rings (SSSR count). The zero-order valence-corrected chi connectivity index (χ0v) is 15.1. The van der Waals surface area contributed by atoms with E-state index in [2.05, 4.69) is 15.5 Å². The Morgan fingerprint density at radius 1 is 1.42 bits per heavy atom. The first-order valence-corrected chi connectivity index (χ1v) is 7.93. The predicted molar refractivity (Wildman–Crippen MR) is 91.2 cm³/mol. The van der Waals surface area contributed by atoms with Crippen LogP contribution in [0.5, 0.6) is 0 Å². The third-order valence-corrected chi connectivity index (χ3v) is 4.01. The second-order valence-electron chi connectivity index (χ2n) is 5.63. The molecule has 0 aliphatic carbocycles. The van der Waals surface area contributed by atoms with Crippen LogP contribution in [0.4, 0.5) is 5.69 Å². The van der Waals surface area contributed by atoms with Gasteiger partial charge in [-0.05, 0) is 20.8 Å². The van der Waals surface area contributed by atoms with Crippen LogP contribution in [-0.2, 0) is 11.3 Å². The molecule has 0 saturated carbocycles. The molecule has 9 heteroatoms. The number of nitrogens with one attached hydrogen (secondary N) is 1. The molecule has 0 spiro atoms. The van der Waals surface area contributed by atoms with E-state index in [1.54, 1.807) is 38.8 Å². The van der Waals surface area contributed by atoms with E-state index in [4.69, 9.17) is 11.6 Å². The van der Waals surface area contributed by atoms with Gasteiger partial charge in [-0.2, -0.15) is 10.2 Å². The van der Waals surface area contributed by atoms with Crippen molar-refractivity contribution in [3.8, 4) is 0 Å². The van der Waals surface area contributed by atoms with Crippen molar-refractivity contribution in [3.05, 3.63) is 28.8 Å². The van der Waals surface area contributed by atoms with Gasteiger partial charge in [0.1, 0.15) is 11.7 Å². The molecule has 130 valence electrons. The molecule has 2 aromatic heterocycles. The summed E-state index contributed by atoms with van der Waals surface area (Å²) >= 11 is 5.98. The van der Waals surface area contributed by atoms with E-state index in [9.17, 15) is 9.59 Å². The van der Waals surface area contributed by atoms with Crippen LogP contribution in [0.3, 0.4) is 0 Å². The molecular formula is C15H21ClN6O2. The summed E-state index contributed by atoms with van der Waals surface area (Å²) in [5.74, 6) is -0.534. The van der Waals surface area contributed by atoms with Gasteiger partial charge in [-0.25, -0.2) is 0 Å². The number of carbonyl (C=O) groups is 2. The highest BCUT2D eigenvalue weighted by Gasteiger charge is 2.24. The minimum absolute atomic E-state index is 0.227. The summed E-state index contributed by atoms with van der Waals surface area (Å²) in [6.07, 6.45) is 3.08. The van der Waals surface area contributed by atoms with Gasteiger partial charge in [0.2, 0.25) is 5.91 Å². The van der Waals surface area contributed by atoms with Crippen molar-refractivity contribution < 1.29 is 9.59 Å². The quantitative estimate of drug-likeness (QED) is 0.891. The topological polar surface area (TPSA) is 85.0 Å². The third-order valence-electron chi connectivity index (χ3n) is 3.64. The molecule has 2 heterocycles. The number of rotatable bonds is 5. The Bertz CT molecular complexity index is 745. The Balaban J connectivity index is 2.25. The number of hydrogen-bond donors (Lipinski definition) is 1. The number of hydrogen-bond acceptors (Lipinski definition) is 4. The normalized spacial score (nSPS) is 12.1. The van der Waals surface area contributed by atoms with Gasteiger partial charge < -0.3 is 10.2 Å². The Labute approximate surface area is 145 Å². The van der Waals surface area contributed by atoms with Crippen LogP contribution in [0.15, 0.2) is 12.4 Å². The van der Waals surface area contributed by atoms with Gasteiger partial charge in [0, 0.05) is 26.8 Å². The summed E-state index contributed by atoms with van der Waals surface area (Å²) in [5, 5.41) is 11.6. The third kappa shape index (κ3) is 3.43. The average molecular weight is 353 g/mol. The predicted octanol–water partition coefficient (Wildman–Crippen LogP) is 1.96. The average Bonchev–Trinajstić information content (AvgIpc) is 3.09. The minimum Gasteiger partial charge on any atom is -0.343 e. The van der Waals surface area contributed by atoms with E-state index in [-0.39, 0.29) is 11.8 Å². The number of carbonyl (C=O) groups excluding carboxylic acids is 2. The largest absolute Gasteiger partial charge is 0.343 e. The van der Waals surface area contributed by atoms with Crippen LogP contribution in [0.2, 0.25) is 5.02 Å². The SMILES string of the molecule is CCn1ncc(NC(=O)C(C)n2cc(Cl)c(C)n2)c1C(=O)N(C)C. The van der Waals surface area contributed by atoms with Crippen LogP contribution < -0.4 is 5.32 Å². The first kappa shape index (κ1) is 18.0. The van der Waals surface area contributed by atoms with Crippen LogP contribution >= 0.6 is 11.6 Å². The lowest BCUT2D eigenvalue weighted by molar-refractivity contribution is -0.119. The highest BCUT2D eigenvalue weighted by Crippen LogP contribution is 2.20. The molecule has 0 aliphatic heterocycles. The second-order valence-corrected chi connectivity index (χ2v) is 6.04. The van der Waals surface area contributed by atoms with E-state index < -0.39 is 6.04 Å². The van der Waals surface area contributed by atoms with E-state index >= 15 is 0 Å². The van der Waals surface area contributed by atoms with Crippen LogP contribution in [0, 0.1) is 6.92 Å². The molecule has 0 radical (unpaired) electrons. The number of anilines is 1. The number of amides is 2. The first-order chi connectivity index (χ1) is 11.3. The Morgan fingerprint density at radius 2 is 2.08 bits per heavy atom. The number of aromatic nitrogens is 4. The van der Waals surface area contributed by atoms with Crippen LogP contribution in [0.1, 0.15) is 36.1 Å². The van der Waals surface area contributed by atoms with E-state index in [0.29, 0.717) is 28.6 Å². The van der Waals surface area contributed by atoms with Crippen molar-refractivity contribution in [2.24, 2.45) is 0 Å². The summed E-state index contributed by atoms with van der Waals surface area (Å²) in [4.78, 5) is 26.3. The van der Waals surface area contributed by atoms with Crippen molar-refractivity contribution >= 4 is 29.1 Å². The lowest BCUT2D eigenvalue weighted by Gasteiger charge is -2.15. The molecule has 2 amide bonds. The van der Waals surface area contributed by atoms with Crippen molar-refractivity contribution in [2.45, 2.75) is 33.4 Å². The summed E-state index contributed by atoms with van der Waals surface area (Å²) in [6, 6.07) is -0.580. The van der Waals surface area contributed by atoms with Gasteiger partial charge in [0.15, 0.2) is 0 Å². The zero-order valence-electron chi connectivity index (χ0n) is 14.4. The number of nitrogens with zero attached hydrogens (tertiary/aromatic N) is 5. The molecule has 24 heavy (non-hydrogen) atoms. The molecule has 0 aromatic carbocycles. The maximum Gasteiger partial charge on any atom is 0.273 e. The number of aryl methyl sites for hydroxylation is 2. The van der Waals surface area contributed by atoms with Crippen molar-refractivity contribution in [1.82, 2.24) is 24.5 Å². The summed E-state index contributed by atoms with van der Waals surface area (Å²) < 4.78 is 3.04. The van der Waals surface area contributed by atoms with Gasteiger partial charge in [0.05, 0.1) is 22.6 Å². The molecule has 0 aliphatic rings. The lowest BCUT2D eigenvalue weighted by atomic mass is 10.2. The smallest absolute Gasteiger partial charge is 0.273 e. The van der Waals surface area contributed by atoms with E-state index in [1.807, 2.05) is 6.92 Å². The van der Waals surface area contributed by atoms with Gasteiger partial charge >= 0.3 is 0 Å². The Morgan fingerprint density at radius 3 is 2.58 bits per heavy atom. The van der Waals surface area contributed by atoms with Crippen LogP contribution in [-0.4, -0.2) is 50.4 Å². The fraction of sp³-hybridized carbons (Fsp3) is 0.467. The maximum absolute atomic E-state index is 12.5. The summed E-state index contributed by atoms with van der Waals surface area (Å²) in [5.41, 5.74) is 1.37. The van der Waals surface area contributed by atoms with Gasteiger partial charge in [-0.15, -0.1) is 0 Å². The fourth-order valence-electron chi connectivity index (χ4n) is 2.17. The van der Waals surface area contributed by atoms with Gasteiger partial charge in [-0.1, -0.05) is 11.6 Å². The standard InChI is InChI=1S/C15H21ClN6O2/c1-6-21-13(15(24)20(4)5)12(7-17-21)18-14(23)10(3)22-8-11(16)9(2)19-22/h7-8,10H,6H2,1-5H3,(H,18,23). The van der Waals surface area contributed by atoms with Crippen molar-refractivity contribution in [2.75, 3.05) is 19.4 Å². The van der Waals surface area contributed by atoms with E-state index in [1.165, 1.54) is 15.8 Å². The minimum atomic E-state index is -0.580. The highest BCUT2D eigenvalue weighted by molar-refractivity contribution is 6.31. The lowest BCUT2D eigenvalue weighted by Crippen LogP contribution is -2.28. The maximum atomic E-state index is 12.5. The zero-order chi connectivity index (χ0) is 18.0. The monoisotopic (exact) mass is 352 g/mol. The van der Waals surface area contributed by atoms with Crippen LogP contribution in [0.25, 0.3) is 0 Å². The molecule has 0 fully saturated rings. The van der Waals surface area contributed by atoms with Crippen molar-refractivity contribution in [3.63, 3.8) is 0 Å². The Kier molecular flexibility index (Phi) is 5.28. The van der Waals surface area contributed by atoms with Gasteiger partial charge in [-0.3, -0.25) is 19.0 Å². The number of halogens is 1. The first-order valence-electron chi connectivity index (χ1n) is 7.55. The Hall–Kier alpha value is -2.35. The molecule has 1 unspecified atom stereocenters. The molecule has 0 saturated heterocycles. The molecule has 0 bridgehead atoms. The van der Waals surface area contributed by atoms with E-state index in [0.717, 1.165) is 0 Å². The summed E-state index contributed by atoms with van der Waals surface area (Å²) in [7, 11) is 3.30. The second kappa shape index (κ2) is 7.04. The molecule has 2 aromatic rings. The van der Waals surface area contributed by atoms with Gasteiger partial charge in [0.25, 0.3) is 5.91 Å². The molecule has 1 atom stereocenters. The molecular weight excluding hydrogens is 332 g/mol. The van der Waals surface area contributed by atoms with Crippen molar-refractivity contribution in [1.29, 1.82) is 0 Å². The molecule has 8 nitrogen and oxygen atoms in total. The summed E-state index contributed by atoms with van der Waals surface area (Å²) in [6.45, 7) is 5.87. The highest BCUT2D eigenvalue weighted by atomic mass is 35.5. The molecule has 1 N–H and O–H groups in total. The fourth-order valence-corrected chi connectivity index (χ4v) is 2.31.